The Morgan fingerprint density at radius 2 is 1.96 bits per heavy atom. The van der Waals surface area contributed by atoms with E-state index < -0.39 is 10.0 Å². The Morgan fingerprint density at radius 1 is 1.20 bits per heavy atom. The topological polar surface area (TPSA) is 89.7 Å². The van der Waals surface area contributed by atoms with Gasteiger partial charge in [0.05, 0.1) is 24.2 Å². The van der Waals surface area contributed by atoms with Crippen LogP contribution in [-0.2, 0) is 14.8 Å². The standard InChI is InChI=1S/C18H20N2O4S/c1-13-12-24-10-9-20(13)18(21)15-6-4-5-14(11-15)16-7-2-3-8-17(16)25(19,22)23/h2-8,11,13H,9-10,12H2,1H3,(H2,19,22,23). The molecule has 6 nitrogen and oxygen atoms in total. The predicted octanol–water partition coefficient (Wildman–Crippen LogP) is 1.86. The van der Waals surface area contributed by atoms with Gasteiger partial charge in [-0.15, -0.1) is 0 Å². The summed E-state index contributed by atoms with van der Waals surface area (Å²) in [7, 11) is -3.86. The van der Waals surface area contributed by atoms with Crippen LogP contribution >= 0.6 is 0 Å². The van der Waals surface area contributed by atoms with Crippen LogP contribution in [0.3, 0.4) is 0 Å². The van der Waals surface area contributed by atoms with E-state index in [1.165, 1.54) is 6.07 Å². The Hall–Kier alpha value is -2.22. The van der Waals surface area contributed by atoms with Crippen molar-refractivity contribution in [1.29, 1.82) is 0 Å². The molecule has 0 aliphatic carbocycles. The summed E-state index contributed by atoms with van der Waals surface area (Å²) in [5.74, 6) is -0.0919. The second kappa shape index (κ2) is 6.95. The van der Waals surface area contributed by atoms with Crippen molar-refractivity contribution in [2.45, 2.75) is 17.9 Å². The first-order chi connectivity index (χ1) is 11.9. The molecular weight excluding hydrogens is 340 g/mol. The number of ether oxygens (including phenoxy) is 1. The molecule has 2 N–H and O–H groups in total. The van der Waals surface area contributed by atoms with Gasteiger partial charge in [-0.25, -0.2) is 13.6 Å². The maximum atomic E-state index is 12.8. The average Bonchev–Trinajstić information content (AvgIpc) is 2.61. The Balaban J connectivity index is 1.99. The molecule has 2 aromatic carbocycles. The molecule has 7 heteroatoms. The van der Waals surface area contributed by atoms with Gasteiger partial charge in [0.2, 0.25) is 10.0 Å². The number of primary sulfonamides is 1. The minimum atomic E-state index is -3.86. The highest BCUT2D eigenvalue weighted by atomic mass is 32.2. The molecule has 1 fully saturated rings. The molecule has 1 unspecified atom stereocenters. The summed E-state index contributed by atoms with van der Waals surface area (Å²) < 4.78 is 29.0. The third-order valence-electron chi connectivity index (χ3n) is 4.24. The smallest absolute Gasteiger partial charge is 0.254 e. The van der Waals surface area contributed by atoms with Crippen LogP contribution in [0.15, 0.2) is 53.4 Å². The third kappa shape index (κ3) is 3.73. The number of sulfonamides is 1. The van der Waals surface area contributed by atoms with Gasteiger partial charge in [0, 0.05) is 17.7 Å². The highest BCUT2D eigenvalue weighted by Crippen LogP contribution is 2.27. The molecule has 1 aliphatic heterocycles. The molecule has 1 amide bonds. The van der Waals surface area contributed by atoms with Crippen molar-refractivity contribution in [3.05, 3.63) is 54.1 Å². The van der Waals surface area contributed by atoms with E-state index in [-0.39, 0.29) is 16.8 Å². The summed E-state index contributed by atoms with van der Waals surface area (Å²) >= 11 is 0. The monoisotopic (exact) mass is 360 g/mol. The van der Waals surface area contributed by atoms with Crippen LogP contribution in [0.25, 0.3) is 11.1 Å². The van der Waals surface area contributed by atoms with Gasteiger partial charge in [-0.05, 0) is 30.7 Å². The average molecular weight is 360 g/mol. The predicted molar refractivity (Wildman–Crippen MR) is 94.6 cm³/mol. The van der Waals surface area contributed by atoms with Crippen LogP contribution in [0.2, 0.25) is 0 Å². The van der Waals surface area contributed by atoms with Gasteiger partial charge in [-0.2, -0.15) is 0 Å². The largest absolute Gasteiger partial charge is 0.377 e. The molecule has 0 saturated carbocycles. The molecule has 2 aromatic rings. The van der Waals surface area contributed by atoms with Crippen LogP contribution in [0.4, 0.5) is 0 Å². The van der Waals surface area contributed by atoms with Gasteiger partial charge >= 0.3 is 0 Å². The van der Waals surface area contributed by atoms with Gasteiger partial charge in [0.1, 0.15) is 0 Å². The Bertz CT molecular complexity index is 895. The first-order valence-electron chi connectivity index (χ1n) is 7.99. The van der Waals surface area contributed by atoms with Crippen LogP contribution in [-0.4, -0.2) is 45.0 Å². The van der Waals surface area contributed by atoms with Crippen LogP contribution < -0.4 is 5.14 Å². The van der Waals surface area contributed by atoms with Crippen molar-refractivity contribution in [2.75, 3.05) is 19.8 Å². The number of carbonyl (C=O) groups excluding carboxylic acids is 1. The summed E-state index contributed by atoms with van der Waals surface area (Å²) in [5.41, 5.74) is 1.63. The van der Waals surface area contributed by atoms with E-state index in [2.05, 4.69) is 0 Å². The fraction of sp³-hybridized carbons (Fsp3) is 0.278. The van der Waals surface area contributed by atoms with Gasteiger partial charge in [0.15, 0.2) is 0 Å². The van der Waals surface area contributed by atoms with E-state index in [1.54, 1.807) is 47.4 Å². The maximum Gasteiger partial charge on any atom is 0.254 e. The number of hydrogen-bond donors (Lipinski definition) is 1. The molecule has 1 aliphatic rings. The fourth-order valence-corrected chi connectivity index (χ4v) is 3.73. The third-order valence-corrected chi connectivity index (χ3v) is 5.21. The summed E-state index contributed by atoms with van der Waals surface area (Å²) in [6.45, 7) is 3.51. The highest BCUT2D eigenvalue weighted by Gasteiger charge is 2.25. The van der Waals surface area contributed by atoms with E-state index in [1.807, 2.05) is 6.92 Å². The molecule has 0 bridgehead atoms. The lowest BCUT2D eigenvalue weighted by molar-refractivity contribution is 0.00360. The summed E-state index contributed by atoms with van der Waals surface area (Å²) in [6.07, 6.45) is 0. The zero-order valence-electron chi connectivity index (χ0n) is 13.9. The number of rotatable bonds is 3. The number of hydrogen-bond acceptors (Lipinski definition) is 4. The number of benzene rings is 2. The number of morpholine rings is 1. The first-order valence-corrected chi connectivity index (χ1v) is 9.53. The number of carbonyl (C=O) groups is 1. The van der Waals surface area contributed by atoms with Crippen molar-refractivity contribution in [3.63, 3.8) is 0 Å². The second-order valence-electron chi connectivity index (χ2n) is 6.04. The number of amides is 1. The van der Waals surface area contributed by atoms with Crippen LogP contribution in [0.1, 0.15) is 17.3 Å². The van der Waals surface area contributed by atoms with Crippen LogP contribution in [0.5, 0.6) is 0 Å². The normalized spacial score (nSPS) is 18.2. The van der Waals surface area contributed by atoms with E-state index in [0.717, 1.165) is 0 Å². The van der Waals surface area contributed by atoms with Crippen molar-refractivity contribution in [2.24, 2.45) is 5.14 Å². The SMILES string of the molecule is CC1COCCN1C(=O)c1cccc(-c2ccccc2S(N)(=O)=O)c1. The van der Waals surface area contributed by atoms with Crippen molar-refractivity contribution in [1.82, 2.24) is 4.90 Å². The molecule has 0 radical (unpaired) electrons. The van der Waals surface area contributed by atoms with Crippen LogP contribution in [0, 0.1) is 0 Å². The molecule has 25 heavy (non-hydrogen) atoms. The molecule has 132 valence electrons. The molecule has 1 heterocycles. The zero-order chi connectivity index (χ0) is 18.0. The van der Waals surface area contributed by atoms with Crippen molar-refractivity contribution in [3.8, 4) is 11.1 Å². The van der Waals surface area contributed by atoms with Crippen molar-refractivity contribution < 1.29 is 17.9 Å². The lowest BCUT2D eigenvalue weighted by atomic mass is 10.0. The lowest BCUT2D eigenvalue weighted by Crippen LogP contribution is -2.47. The van der Waals surface area contributed by atoms with Gasteiger partial charge < -0.3 is 9.64 Å². The Labute approximate surface area is 147 Å². The molecular formula is C18H20N2O4S. The highest BCUT2D eigenvalue weighted by molar-refractivity contribution is 7.89. The zero-order valence-corrected chi connectivity index (χ0v) is 14.7. The Kier molecular flexibility index (Phi) is 4.89. The molecule has 0 aromatic heterocycles. The van der Waals surface area contributed by atoms with Gasteiger partial charge in [-0.1, -0.05) is 30.3 Å². The van der Waals surface area contributed by atoms with E-state index >= 15 is 0 Å². The minimum Gasteiger partial charge on any atom is -0.377 e. The fourth-order valence-electron chi connectivity index (χ4n) is 2.97. The molecule has 1 saturated heterocycles. The minimum absolute atomic E-state index is 0.00149. The van der Waals surface area contributed by atoms with Gasteiger partial charge in [-0.3, -0.25) is 4.79 Å². The number of nitrogens with two attached hydrogens (primary N) is 1. The molecule has 3 rings (SSSR count). The van der Waals surface area contributed by atoms with E-state index in [4.69, 9.17) is 9.88 Å². The summed E-state index contributed by atoms with van der Waals surface area (Å²) in [5, 5.41) is 5.31. The lowest BCUT2D eigenvalue weighted by Gasteiger charge is -2.33. The first kappa shape index (κ1) is 17.6. The Morgan fingerprint density at radius 3 is 2.68 bits per heavy atom. The molecule has 1 atom stereocenters. The van der Waals surface area contributed by atoms with Gasteiger partial charge in [0.25, 0.3) is 5.91 Å². The van der Waals surface area contributed by atoms with E-state index in [0.29, 0.717) is 36.4 Å². The van der Waals surface area contributed by atoms with Crippen molar-refractivity contribution >= 4 is 15.9 Å². The maximum absolute atomic E-state index is 12.8. The summed E-state index contributed by atoms with van der Waals surface area (Å²) in [4.78, 5) is 14.6. The quantitative estimate of drug-likeness (QED) is 0.905. The summed E-state index contributed by atoms with van der Waals surface area (Å²) in [6, 6.07) is 13.4. The van der Waals surface area contributed by atoms with E-state index in [9.17, 15) is 13.2 Å². The molecule has 0 spiro atoms. The number of nitrogens with zero attached hydrogens (tertiary/aromatic N) is 1. The second-order valence-corrected chi connectivity index (χ2v) is 7.57.